The van der Waals surface area contributed by atoms with E-state index in [1.54, 1.807) is 14.2 Å². The molecule has 0 unspecified atom stereocenters. The third kappa shape index (κ3) is 4.27. The van der Waals surface area contributed by atoms with Crippen LogP contribution >= 0.6 is 15.9 Å². The van der Waals surface area contributed by atoms with E-state index in [-0.39, 0.29) is 0 Å². The van der Waals surface area contributed by atoms with Gasteiger partial charge in [-0.2, -0.15) is 0 Å². The third-order valence-corrected chi connectivity index (χ3v) is 4.83. The second kappa shape index (κ2) is 7.37. The largest absolute Gasteiger partial charge is 0.497 e. The number of nitrogens with zero attached hydrogens (tertiary/aromatic N) is 1. The van der Waals surface area contributed by atoms with Crippen molar-refractivity contribution in [2.75, 3.05) is 14.2 Å². The molecule has 1 aliphatic carbocycles. The molecule has 1 fully saturated rings. The van der Waals surface area contributed by atoms with Gasteiger partial charge in [0.1, 0.15) is 11.5 Å². The number of benzene rings is 2. The fourth-order valence-corrected chi connectivity index (χ4v) is 3.35. The van der Waals surface area contributed by atoms with Gasteiger partial charge >= 0.3 is 0 Å². The molecule has 1 aliphatic rings. The van der Waals surface area contributed by atoms with Crippen LogP contribution in [-0.2, 0) is 13.1 Å². The number of hydrogen-bond acceptors (Lipinski definition) is 3. The SMILES string of the molecule is COc1ccc(CN(Cc2ccc(OC)c(Br)c2)C2CC2)cc1. The highest BCUT2D eigenvalue weighted by molar-refractivity contribution is 9.10. The van der Waals surface area contributed by atoms with E-state index in [2.05, 4.69) is 45.1 Å². The van der Waals surface area contributed by atoms with Crippen LogP contribution in [0.1, 0.15) is 24.0 Å². The molecule has 3 nitrogen and oxygen atoms in total. The molecular weight excluding hydrogens is 354 g/mol. The fourth-order valence-electron chi connectivity index (χ4n) is 2.76. The van der Waals surface area contributed by atoms with Crippen molar-refractivity contribution in [3.63, 3.8) is 0 Å². The van der Waals surface area contributed by atoms with Crippen LogP contribution in [0.15, 0.2) is 46.9 Å². The summed E-state index contributed by atoms with van der Waals surface area (Å²) in [4.78, 5) is 2.55. The quantitative estimate of drug-likeness (QED) is 0.703. The Bertz CT molecular complexity index is 653. The maximum atomic E-state index is 5.31. The summed E-state index contributed by atoms with van der Waals surface area (Å²) in [6, 6.07) is 15.4. The Balaban J connectivity index is 1.70. The molecule has 1 saturated carbocycles. The first-order valence-corrected chi connectivity index (χ1v) is 8.68. The molecule has 0 saturated heterocycles. The molecule has 0 heterocycles. The van der Waals surface area contributed by atoms with Gasteiger partial charge in [-0.05, 0) is 64.2 Å². The van der Waals surface area contributed by atoms with Crippen LogP contribution < -0.4 is 9.47 Å². The van der Waals surface area contributed by atoms with Gasteiger partial charge in [0, 0.05) is 19.1 Å². The average Bonchev–Trinajstić information content (AvgIpc) is 3.40. The minimum atomic E-state index is 0.706. The summed E-state index contributed by atoms with van der Waals surface area (Å²) in [5.41, 5.74) is 2.63. The fraction of sp³-hybridized carbons (Fsp3) is 0.368. The van der Waals surface area contributed by atoms with E-state index >= 15 is 0 Å². The molecule has 23 heavy (non-hydrogen) atoms. The van der Waals surface area contributed by atoms with Gasteiger partial charge in [-0.25, -0.2) is 0 Å². The minimum Gasteiger partial charge on any atom is -0.497 e. The van der Waals surface area contributed by atoms with Crippen molar-refractivity contribution in [1.82, 2.24) is 4.90 Å². The van der Waals surface area contributed by atoms with Crippen molar-refractivity contribution >= 4 is 15.9 Å². The molecule has 0 atom stereocenters. The molecule has 0 spiro atoms. The highest BCUT2D eigenvalue weighted by Gasteiger charge is 2.29. The van der Waals surface area contributed by atoms with Gasteiger partial charge in [0.15, 0.2) is 0 Å². The predicted molar refractivity (Wildman–Crippen MR) is 96.0 cm³/mol. The minimum absolute atomic E-state index is 0.706. The van der Waals surface area contributed by atoms with Gasteiger partial charge in [0.2, 0.25) is 0 Å². The molecule has 0 radical (unpaired) electrons. The van der Waals surface area contributed by atoms with E-state index in [0.717, 1.165) is 29.1 Å². The van der Waals surface area contributed by atoms with Crippen LogP contribution in [0.3, 0.4) is 0 Å². The van der Waals surface area contributed by atoms with E-state index in [1.165, 1.54) is 24.0 Å². The monoisotopic (exact) mass is 375 g/mol. The van der Waals surface area contributed by atoms with Gasteiger partial charge in [-0.3, -0.25) is 4.90 Å². The Morgan fingerprint density at radius 2 is 1.61 bits per heavy atom. The highest BCUT2D eigenvalue weighted by atomic mass is 79.9. The number of rotatable bonds is 7. The summed E-state index contributed by atoms with van der Waals surface area (Å²) in [6.07, 6.45) is 2.60. The lowest BCUT2D eigenvalue weighted by Gasteiger charge is -2.22. The van der Waals surface area contributed by atoms with Crippen LogP contribution in [0, 0.1) is 0 Å². The van der Waals surface area contributed by atoms with Crippen LogP contribution in [0.25, 0.3) is 0 Å². The average molecular weight is 376 g/mol. The number of halogens is 1. The Kier molecular flexibility index (Phi) is 5.23. The maximum absolute atomic E-state index is 5.31. The standard InChI is InChI=1S/C19H22BrNO2/c1-22-17-8-3-14(4-9-17)12-21(16-6-7-16)13-15-5-10-19(23-2)18(20)11-15/h3-5,8-11,16H,6-7,12-13H2,1-2H3. The lowest BCUT2D eigenvalue weighted by atomic mass is 10.1. The van der Waals surface area contributed by atoms with Crippen LogP contribution in [0.4, 0.5) is 0 Å². The first-order valence-electron chi connectivity index (χ1n) is 7.89. The molecule has 0 aromatic heterocycles. The lowest BCUT2D eigenvalue weighted by Crippen LogP contribution is -2.25. The van der Waals surface area contributed by atoms with Gasteiger partial charge in [-0.1, -0.05) is 18.2 Å². The lowest BCUT2D eigenvalue weighted by molar-refractivity contribution is 0.245. The summed E-state index contributed by atoms with van der Waals surface area (Å²) in [5.74, 6) is 1.78. The van der Waals surface area contributed by atoms with Crippen molar-refractivity contribution in [1.29, 1.82) is 0 Å². The molecule has 0 aliphatic heterocycles. The number of ether oxygens (including phenoxy) is 2. The summed E-state index contributed by atoms with van der Waals surface area (Å²) in [6.45, 7) is 1.93. The highest BCUT2D eigenvalue weighted by Crippen LogP contribution is 2.32. The topological polar surface area (TPSA) is 21.7 Å². The van der Waals surface area contributed by atoms with Gasteiger partial charge in [0.25, 0.3) is 0 Å². The molecule has 0 amide bonds. The zero-order valence-corrected chi connectivity index (χ0v) is 15.2. The Morgan fingerprint density at radius 1 is 0.957 bits per heavy atom. The molecule has 2 aromatic carbocycles. The van der Waals surface area contributed by atoms with E-state index in [0.29, 0.717) is 6.04 Å². The zero-order valence-electron chi connectivity index (χ0n) is 13.6. The number of methoxy groups -OCH3 is 2. The molecule has 122 valence electrons. The van der Waals surface area contributed by atoms with Crippen molar-refractivity contribution < 1.29 is 9.47 Å². The van der Waals surface area contributed by atoms with Crippen LogP contribution in [0.2, 0.25) is 0 Å². The van der Waals surface area contributed by atoms with E-state index in [4.69, 9.17) is 9.47 Å². The van der Waals surface area contributed by atoms with E-state index in [9.17, 15) is 0 Å². The third-order valence-electron chi connectivity index (χ3n) is 4.21. The van der Waals surface area contributed by atoms with Gasteiger partial charge < -0.3 is 9.47 Å². The van der Waals surface area contributed by atoms with Gasteiger partial charge in [0.05, 0.1) is 18.7 Å². The summed E-state index contributed by atoms with van der Waals surface area (Å²) >= 11 is 3.58. The molecule has 0 N–H and O–H groups in total. The van der Waals surface area contributed by atoms with Crippen LogP contribution in [0.5, 0.6) is 11.5 Å². The summed E-state index contributed by atoms with van der Waals surface area (Å²) in [7, 11) is 3.40. The van der Waals surface area contributed by atoms with Crippen molar-refractivity contribution in [2.24, 2.45) is 0 Å². The summed E-state index contributed by atoms with van der Waals surface area (Å²) < 4.78 is 11.6. The predicted octanol–water partition coefficient (Wildman–Crippen LogP) is 4.63. The Morgan fingerprint density at radius 3 is 2.17 bits per heavy atom. The summed E-state index contributed by atoms with van der Waals surface area (Å²) in [5, 5.41) is 0. The normalized spacial score (nSPS) is 14.1. The van der Waals surface area contributed by atoms with Crippen LogP contribution in [-0.4, -0.2) is 25.2 Å². The zero-order chi connectivity index (χ0) is 16.2. The van der Waals surface area contributed by atoms with Gasteiger partial charge in [-0.15, -0.1) is 0 Å². The number of hydrogen-bond donors (Lipinski definition) is 0. The second-order valence-electron chi connectivity index (χ2n) is 5.95. The molecule has 0 bridgehead atoms. The van der Waals surface area contributed by atoms with E-state index in [1.807, 2.05) is 18.2 Å². The second-order valence-corrected chi connectivity index (χ2v) is 6.81. The molecule has 3 rings (SSSR count). The maximum Gasteiger partial charge on any atom is 0.133 e. The smallest absolute Gasteiger partial charge is 0.133 e. The Hall–Kier alpha value is -1.52. The first kappa shape index (κ1) is 16.3. The van der Waals surface area contributed by atoms with Crippen molar-refractivity contribution in [3.8, 4) is 11.5 Å². The Labute approximate surface area is 146 Å². The van der Waals surface area contributed by atoms with E-state index < -0.39 is 0 Å². The van der Waals surface area contributed by atoms with Crippen molar-refractivity contribution in [2.45, 2.75) is 32.0 Å². The molecule has 2 aromatic rings. The van der Waals surface area contributed by atoms with Crippen molar-refractivity contribution in [3.05, 3.63) is 58.1 Å². The molecular formula is C19H22BrNO2. The molecule has 4 heteroatoms. The first-order chi connectivity index (χ1) is 11.2.